The minimum absolute atomic E-state index is 0.120. The molecule has 0 radical (unpaired) electrons. The lowest BCUT2D eigenvalue weighted by Gasteiger charge is -2.08. The molecule has 0 fully saturated rings. The fraction of sp³-hybridized carbons (Fsp3) is 0.154. The standard InChI is InChI=1S/C13H10ClF3N2S/c14-12-6-3-10(8-19-12)18-7-9-1-4-11(5-2-9)20-13(15,16)17/h1-6,8,18H,7H2. The van der Waals surface area contributed by atoms with Crippen LogP contribution in [0.25, 0.3) is 0 Å². The van der Waals surface area contributed by atoms with Gasteiger partial charge in [0, 0.05) is 11.4 Å². The molecule has 1 N–H and O–H groups in total. The minimum atomic E-state index is -4.26. The number of halogens is 4. The number of nitrogens with one attached hydrogen (secondary N) is 1. The van der Waals surface area contributed by atoms with Gasteiger partial charge < -0.3 is 5.32 Å². The van der Waals surface area contributed by atoms with Gasteiger partial charge in [-0.2, -0.15) is 13.2 Å². The van der Waals surface area contributed by atoms with Gasteiger partial charge >= 0.3 is 5.51 Å². The largest absolute Gasteiger partial charge is 0.446 e. The van der Waals surface area contributed by atoms with E-state index in [1.54, 1.807) is 30.5 Å². The van der Waals surface area contributed by atoms with Crippen LogP contribution in [0, 0.1) is 0 Å². The van der Waals surface area contributed by atoms with Crippen LogP contribution in [0.1, 0.15) is 5.56 Å². The average molecular weight is 319 g/mol. The first kappa shape index (κ1) is 15.0. The van der Waals surface area contributed by atoms with Crippen molar-refractivity contribution in [2.24, 2.45) is 0 Å². The highest BCUT2D eigenvalue weighted by molar-refractivity contribution is 8.00. The summed E-state index contributed by atoms with van der Waals surface area (Å²) in [6, 6.07) is 9.66. The van der Waals surface area contributed by atoms with Gasteiger partial charge in [-0.25, -0.2) is 4.98 Å². The van der Waals surface area contributed by atoms with Crippen molar-refractivity contribution in [2.75, 3.05) is 5.32 Å². The predicted octanol–water partition coefficient (Wildman–Crippen LogP) is 4.96. The first-order valence-electron chi connectivity index (χ1n) is 5.62. The molecule has 0 amide bonds. The molecule has 2 rings (SSSR count). The normalized spacial score (nSPS) is 11.4. The van der Waals surface area contributed by atoms with Crippen molar-refractivity contribution < 1.29 is 13.2 Å². The highest BCUT2D eigenvalue weighted by atomic mass is 35.5. The third-order valence-electron chi connectivity index (χ3n) is 2.38. The minimum Gasteiger partial charge on any atom is -0.380 e. The van der Waals surface area contributed by atoms with Crippen molar-refractivity contribution >= 4 is 29.1 Å². The first-order chi connectivity index (χ1) is 9.42. The highest BCUT2D eigenvalue weighted by Gasteiger charge is 2.28. The van der Waals surface area contributed by atoms with Gasteiger partial charge in [-0.15, -0.1) is 0 Å². The summed E-state index contributed by atoms with van der Waals surface area (Å²) in [6.45, 7) is 0.500. The summed E-state index contributed by atoms with van der Waals surface area (Å²) in [5.41, 5.74) is -2.58. The SMILES string of the molecule is FC(F)(F)Sc1ccc(CNc2ccc(Cl)nc2)cc1. The molecule has 0 atom stereocenters. The molecule has 1 heterocycles. The third kappa shape index (κ3) is 4.94. The van der Waals surface area contributed by atoms with Crippen LogP contribution in [0.5, 0.6) is 0 Å². The average Bonchev–Trinajstić information content (AvgIpc) is 2.38. The van der Waals surface area contributed by atoms with E-state index in [9.17, 15) is 13.2 Å². The summed E-state index contributed by atoms with van der Waals surface area (Å²) in [6.07, 6.45) is 1.59. The van der Waals surface area contributed by atoms with Crippen LogP contribution in [0.15, 0.2) is 47.5 Å². The summed E-state index contributed by atoms with van der Waals surface area (Å²) in [5.74, 6) is 0. The first-order valence-corrected chi connectivity index (χ1v) is 6.82. The van der Waals surface area contributed by atoms with Crippen LogP contribution in [-0.2, 0) is 6.54 Å². The second-order valence-electron chi connectivity index (χ2n) is 3.91. The smallest absolute Gasteiger partial charge is 0.380 e. The van der Waals surface area contributed by atoms with E-state index in [0.29, 0.717) is 11.7 Å². The fourth-order valence-electron chi connectivity index (χ4n) is 1.49. The monoisotopic (exact) mass is 318 g/mol. The molecule has 0 unspecified atom stereocenters. The summed E-state index contributed by atoms with van der Waals surface area (Å²) in [4.78, 5) is 4.10. The Morgan fingerprint density at radius 1 is 1.10 bits per heavy atom. The Morgan fingerprint density at radius 2 is 1.80 bits per heavy atom. The Kier molecular flexibility index (Phi) is 4.77. The zero-order valence-electron chi connectivity index (χ0n) is 10.1. The zero-order chi connectivity index (χ0) is 14.6. The maximum absolute atomic E-state index is 12.2. The number of hydrogen-bond acceptors (Lipinski definition) is 3. The van der Waals surface area contributed by atoms with Crippen molar-refractivity contribution in [3.05, 3.63) is 53.3 Å². The number of alkyl halides is 3. The predicted molar refractivity (Wildman–Crippen MR) is 74.9 cm³/mol. The second-order valence-corrected chi connectivity index (χ2v) is 5.44. The van der Waals surface area contributed by atoms with Crippen LogP contribution in [0.2, 0.25) is 5.15 Å². The molecule has 0 saturated heterocycles. The molecule has 2 nitrogen and oxygen atoms in total. The van der Waals surface area contributed by atoms with E-state index in [2.05, 4.69) is 10.3 Å². The van der Waals surface area contributed by atoms with E-state index in [0.717, 1.165) is 11.3 Å². The quantitative estimate of drug-likeness (QED) is 0.637. The van der Waals surface area contributed by atoms with Gasteiger partial charge in [-0.05, 0) is 41.6 Å². The molecule has 2 aromatic rings. The van der Waals surface area contributed by atoms with E-state index < -0.39 is 5.51 Å². The molecular weight excluding hydrogens is 309 g/mol. The molecule has 1 aromatic heterocycles. The summed E-state index contributed by atoms with van der Waals surface area (Å²) >= 11 is 5.55. The van der Waals surface area contributed by atoms with Crippen molar-refractivity contribution in [2.45, 2.75) is 16.9 Å². The molecule has 20 heavy (non-hydrogen) atoms. The molecule has 1 aromatic carbocycles. The topological polar surface area (TPSA) is 24.9 Å². The molecule has 0 bridgehead atoms. The van der Waals surface area contributed by atoms with Crippen LogP contribution in [0.3, 0.4) is 0 Å². The number of anilines is 1. The summed E-state index contributed by atoms with van der Waals surface area (Å²) < 4.78 is 36.5. The summed E-state index contributed by atoms with van der Waals surface area (Å²) in [7, 11) is 0. The van der Waals surface area contributed by atoms with E-state index in [4.69, 9.17) is 11.6 Å². The highest BCUT2D eigenvalue weighted by Crippen LogP contribution is 2.36. The van der Waals surface area contributed by atoms with Gasteiger partial charge in [0.2, 0.25) is 0 Å². The maximum atomic E-state index is 12.2. The number of thioether (sulfide) groups is 1. The Balaban J connectivity index is 1.92. The van der Waals surface area contributed by atoms with Gasteiger partial charge in [0.1, 0.15) is 5.15 Å². The number of aromatic nitrogens is 1. The Labute approximate surface area is 123 Å². The molecule has 0 aliphatic heterocycles. The third-order valence-corrected chi connectivity index (χ3v) is 3.34. The molecule has 106 valence electrons. The van der Waals surface area contributed by atoms with Crippen molar-refractivity contribution in [3.8, 4) is 0 Å². The molecule has 7 heteroatoms. The molecule has 0 saturated carbocycles. The van der Waals surface area contributed by atoms with Gasteiger partial charge in [0.25, 0.3) is 0 Å². The van der Waals surface area contributed by atoms with Crippen molar-refractivity contribution in [1.29, 1.82) is 0 Å². The Morgan fingerprint density at radius 3 is 2.35 bits per heavy atom. The Hall–Kier alpha value is -1.40. The number of pyridine rings is 1. The lowest BCUT2D eigenvalue weighted by molar-refractivity contribution is -0.0328. The van der Waals surface area contributed by atoms with Gasteiger partial charge in [0.15, 0.2) is 0 Å². The fourth-order valence-corrected chi connectivity index (χ4v) is 2.14. The summed E-state index contributed by atoms with van der Waals surface area (Å²) in [5, 5.41) is 3.51. The number of benzene rings is 1. The number of nitrogens with zero attached hydrogens (tertiary/aromatic N) is 1. The molecule has 0 aliphatic rings. The lowest BCUT2D eigenvalue weighted by Crippen LogP contribution is -2.01. The van der Waals surface area contributed by atoms with Crippen LogP contribution < -0.4 is 5.32 Å². The van der Waals surface area contributed by atoms with Crippen molar-refractivity contribution in [1.82, 2.24) is 4.98 Å². The van der Waals surface area contributed by atoms with Crippen LogP contribution in [0.4, 0.5) is 18.9 Å². The van der Waals surface area contributed by atoms with Crippen LogP contribution in [-0.4, -0.2) is 10.5 Å². The van der Waals surface area contributed by atoms with Crippen LogP contribution >= 0.6 is 23.4 Å². The molecular formula is C13H10ClF3N2S. The van der Waals surface area contributed by atoms with E-state index >= 15 is 0 Å². The maximum Gasteiger partial charge on any atom is 0.446 e. The van der Waals surface area contributed by atoms with Gasteiger partial charge in [-0.3, -0.25) is 0 Å². The van der Waals surface area contributed by atoms with Gasteiger partial charge in [0.05, 0.1) is 11.9 Å². The Bertz CT molecular complexity index is 555. The molecule has 0 aliphatic carbocycles. The van der Waals surface area contributed by atoms with Gasteiger partial charge in [-0.1, -0.05) is 23.7 Å². The zero-order valence-corrected chi connectivity index (χ0v) is 11.7. The van der Waals surface area contributed by atoms with E-state index in [-0.39, 0.29) is 16.7 Å². The lowest BCUT2D eigenvalue weighted by atomic mass is 10.2. The number of rotatable bonds is 4. The second kappa shape index (κ2) is 6.37. The molecule has 0 spiro atoms. The van der Waals surface area contributed by atoms with E-state index in [1.165, 1.54) is 12.1 Å². The van der Waals surface area contributed by atoms with Crippen molar-refractivity contribution in [3.63, 3.8) is 0 Å². The van der Waals surface area contributed by atoms with E-state index in [1.807, 2.05) is 0 Å². The number of hydrogen-bond donors (Lipinski definition) is 1.